The highest BCUT2D eigenvalue weighted by Crippen LogP contribution is 2.11. The molecule has 0 spiro atoms. The minimum Gasteiger partial charge on any atom is -0.293 e. The summed E-state index contributed by atoms with van der Waals surface area (Å²) in [5.74, 6) is 0.375. The van der Waals surface area contributed by atoms with E-state index in [1.165, 1.54) is 5.56 Å². The van der Waals surface area contributed by atoms with E-state index in [2.05, 4.69) is 12.6 Å². The van der Waals surface area contributed by atoms with Crippen LogP contribution < -0.4 is 0 Å². The van der Waals surface area contributed by atoms with Crippen molar-refractivity contribution in [1.29, 1.82) is 0 Å². The minimum atomic E-state index is 0.0934. The minimum absolute atomic E-state index is 0.0934. The lowest BCUT2D eigenvalue weighted by molar-refractivity contribution is 0.102. The van der Waals surface area contributed by atoms with Crippen LogP contribution in [-0.2, 0) is 0 Å². The van der Waals surface area contributed by atoms with Gasteiger partial charge in [-0.05, 0) is 19.4 Å². The summed E-state index contributed by atoms with van der Waals surface area (Å²) in [4.78, 5) is 11.3. The molecule has 0 fully saturated rings. The average molecular weight is 180 g/mol. The van der Waals surface area contributed by atoms with Crippen LogP contribution in [0.2, 0.25) is 0 Å². The lowest BCUT2D eigenvalue weighted by Crippen LogP contribution is -2.02. The zero-order valence-electron chi connectivity index (χ0n) is 7.29. The molecule has 0 saturated carbocycles. The van der Waals surface area contributed by atoms with Gasteiger partial charge < -0.3 is 0 Å². The van der Waals surface area contributed by atoms with Gasteiger partial charge in [-0.3, -0.25) is 4.79 Å². The maximum Gasteiger partial charge on any atom is 0.172 e. The van der Waals surface area contributed by atoms with Gasteiger partial charge in [-0.25, -0.2) is 0 Å². The van der Waals surface area contributed by atoms with Crippen molar-refractivity contribution < 1.29 is 4.79 Å². The Bertz CT molecular complexity index is 305. The Balaban J connectivity index is 3.09. The van der Waals surface area contributed by atoms with Crippen LogP contribution in [0.25, 0.3) is 0 Å². The Morgan fingerprint density at radius 2 is 2.08 bits per heavy atom. The predicted octanol–water partition coefficient (Wildman–Crippen LogP) is 2.42. The second kappa shape index (κ2) is 3.76. The maximum absolute atomic E-state index is 11.3. The summed E-state index contributed by atoms with van der Waals surface area (Å²) in [6.07, 6.45) is 0. The van der Waals surface area contributed by atoms with E-state index < -0.39 is 0 Å². The molecule has 0 N–H and O–H groups in total. The molecule has 0 aromatic heterocycles. The first-order chi connectivity index (χ1) is 5.65. The smallest absolute Gasteiger partial charge is 0.172 e. The zero-order valence-corrected chi connectivity index (χ0v) is 8.19. The number of hydrogen-bond acceptors (Lipinski definition) is 2. The standard InChI is InChI=1S/C10H12OS/c1-7-3-4-9(8(2)5-7)10(11)6-12/h3-5,12H,6H2,1-2H3. The van der Waals surface area contributed by atoms with Crippen molar-refractivity contribution in [3.63, 3.8) is 0 Å². The molecule has 1 rings (SSSR count). The van der Waals surface area contributed by atoms with Crippen LogP contribution in [0.1, 0.15) is 21.5 Å². The van der Waals surface area contributed by atoms with Crippen LogP contribution in [-0.4, -0.2) is 11.5 Å². The molecule has 0 aliphatic rings. The number of thiol groups is 1. The molecule has 12 heavy (non-hydrogen) atoms. The van der Waals surface area contributed by atoms with E-state index >= 15 is 0 Å². The molecule has 64 valence electrons. The van der Waals surface area contributed by atoms with Crippen LogP contribution in [0, 0.1) is 13.8 Å². The van der Waals surface area contributed by atoms with Gasteiger partial charge in [0, 0.05) is 5.56 Å². The number of rotatable bonds is 2. The van der Waals surface area contributed by atoms with Crippen molar-refractivity contribution >= 4 is 18.4 Å². The Kier molecular flexibility index (Phi) is 2.93. The van der Waals surface area contributed by atoms with Crippen molar-refractivity contribution in [2.75, 3.05) is 5.75 Å². The van der Waals surface area contributed by atoms with E-state index in [-0.39, 0.29) is 11.5 Å². The second-order valence-corrected chi connectivity index (χ2v) is 3.22. The zero-order chi connectivity index (χ0) is 9.14. The molecule has 0 aliphatic heterocycles. The van der Waals surface area contributed by atoms with Crippen molar-refractivity contribution in [2.45, 2.75) is 13.8 Å². The average Bonchev–Trinajstić information content (AvgIpc) is 2.03. The first-order valence-electron chi connectivity index (χ1n) is 3.86. The highest BCUT2D eigenvalue weighted by Gasteiger charge is 2.05. The third-order valence-corrected chi connectivity index (χ3v) is 2.11. The quantitative estimate of drug-likeness (QED) is 0.546. The third-order valence-electron chi connectivity index (χ3n) is 1.83. The van der Waals surface area contributed by atoms with Crippen LogP contribution >= 0.6 is 12.6 Å². The molecule has 0 amide bonds. The second-order valence-electron chi connectivity index (χ2n) is 2.90. The van der Waals surface area contributed by atoms with Crippen molar-refractivity contribution in [1.82, 2.24) is 0 Å². The van der Waals surface area contributed by atoms with Gasteiger partial charge >= 0.3 is 0 Å². The fourth-order valence-corrected chi connectivity index (χ4v) is 1.38. The first kappa shape index (κ1) is 9.33. The number of benzene rings is 1. The summed E-state index contributed by atoms with van der Waals surface area (Å²) >= 11 is 3.95. The number of ketones is 1. The van der Waals surface area contributed by atoms with E-state index in [4.69, 9.17) is 0 Å². The number of aryl methyl sites for hydroxylation is 2. The van der Waals surface area contributed by atoms with Gasteiger partial charge in [0.05, 0.1) is 5.75 Å². The summed E-state index contributed by atoms with van der Waals surface area (Å²) in [5.41, 5.74) is 3.01. The Morgan fingerprint density at radius 3 is 2.58 bits per heavy atom. The predicted molar refractivity (Wildman–Crippen MR) is 54.1 cm³/mol. The number of carbonyl (C=O) groups is 1. The topological polar surface area (TPSA) is 17.1 Å². The van der Waals surface area contributed by atoms with Crippen molar-refractivity contribution in [3.05, 3.63) is 34.9 Å². The van der Waals surface area contributed by atoms with Gasteiger partial charge in [0.25, 0.3) is 0 Å². The van der Waals surface area contributed by atoms with Crippen LogP contribution in [0.5, 0.6) is 0 Å². The monoisotopic (exact) mass is 180 g/mol. The number of hydrogen-bond donors (Lipinski definition) is 1. The van der Waals surface area contributed by atoms with E-state index in [1.54, 1.807) is 0 Å². The number of carbonyl (C=O) groups excluding carboxylic acids is 1. The Labute approximate surface area is 78.2 Å². The van der Waals surface area contributed by atoms with Gasteiger partial charge in [-0.15, -0.1) is 0 Å². The fourth-order valence-electron chi connectivity index (χ4n) is 1.21. The van der Waals surface area contributed by atoms with Gasteiger partial charge in [0.2, 0.25) is 0 Å². The summed E-state index contributed by atoms with van der Waals surface area (Å²) < 4.78 is 0. The largest absolute Gasteiger partial charge is 0.293 e. The van der Waals surface area contributed by atoms with Gasteiger partial charge in [-0.1, -0.05) is 23.8 Å². The molecule has 0 aliphatic carbocycles. The van der Waals surface area contributed by atoms with Crippen LogP contribution in [0.4, 0.5) is 0 Å². The molecule has 0 unspecified atom stereocenters. The van der Waals surface area contributed by atoms with Crippen LogP contribution in [0.3, 0.4) is 0 Å². The molecule has 0 radical (unpaired) electrons. The summed E-state index contributed by atoms with van der Waals surface area (Å²) in [5, 5.41) is 0. The molecule has 2 heteroatoms. The molecule has 0 atom stereocenters. The van der Waals surface area contributed by atoms with E-state index in [0.717, 1.165) is 11.1 Å². The molecule has 0 heterocycles. The van der Waals surface area contributed by atoms with Gasteiger partial charge in [-0.2, -0.15) is 12.6 Å². The normalized spacial score (nSPS) is 9.92. The van der Waals surface area contributed by atoms with Gasteiger partial charge in [0.15, 0.2) is 5.78 Å². The van der Waals surface area contributed by atoms with Crippen LogP contribution in [0.15, 0.2) is 18.2 Å². The molecule has 1 aromatic carbocycles. The summed E-state index contributed by atoms with van der Waals surface area (Å²) in [6, 6.07) is 5.82. The van der Waals surface area contributed by atoms with Crippen molar-refractivity contribution in [3.8, 4) is 0 Å². The van der Waals surface area contributed by atoms with Crippen molar-refractivity contribution in [2.24, 2.45) is 0 Å². The maximum atomic E-state index is 11.3. The van der Waals surface area contributed by atoms with Gasteiger partial charge in [0.1, 0.15) is 0 Å². The molecular formula is C10H12OS. The summed E-state index contributed by atoms with van der Waals surface area (Å²) in [7, 11) is 0. The lowest BCUT2D eigenvalue weighted by Gasteiger charge is -2.03. The third kappa shape index (κ3) is 1.89. The molecule has 1 aromatic rings. The first-order valence-corrected chi connectivity index (χ1v) is 4.49. The lowest BCUT2D eigenvalue weighted by atomic mass is 10.0. The SMILES string of the molecule is Cc1ccc(C(=O)CS)c(C)c1. The Hall–Kier alpha value is -0.760. The highest BCUT2D eigenvalue weighted by atomic mass is 32.1. The Morgan fingerprint density at radius 1 is 1.42 bits per heavy atom. The van der Waals surface area contributed by atoms with E-state index in [1.807, 2.05) is 32.0 Å². The summed E-state index contributed by atoms with van der Waals surface area (Å²) in [6.45, 7) is 3.96. The molecule has 0 saturated heterocycles. The molecule has 1 nitrogen and oxygen atoms in total. The number of Topliss-reactive ketones (excluding diaryl/α,β-unsaturated/α-hetero) is 1. The van der Waals surface area contributed by atoms with E-state index in [9.17, 15) is 4.79 Å². The fraction of sp³-hybridized carbons (Fsp3) is 0.300. The van der Waals surface area contributed by atoms with E-state index in [0.29, 0.717) is 0 Å². The molecular weight excluding hydrogens is 168 g/mol. The molecule has 0 bridgehead atoms. The highest BCUT2D eigenvalue weighted by molar-refractivity contribution is 7.81.